The SMILES string of the molecule is CCCCCCC(/C=C1\Nc2ccc(O)cc2O1)CCCCCC. The number of hydrogen-bond acceptors (Lipinski definition) is 3. The number of aromatic hydroxyl groups is 1. The predicted molar refractivity (Wildman–Crippen MR) is 101 cm³/mol. The lowest BCUT2D eigenvalue weighted by Crippen LogP contribution is -2.04. The normalized spacial score (nSPS) is 14.7. The summed E-state index contributed by atoms with van der Waals surface area (Å²) in [5, 5.41) is 12.9. The van der Waals surface area contributed by atoms with Crippen LogP contribution in [0.4, 0.5) is 5.69 Å². The molecule has 0 aliphatic carbocycles. The van der Waals surface area contributed by atoms with Gasteiger partial charge in [0.2, 0.25) is 0 Å². The Morgan fingerprint density at radius 2 is 1.67 bits per heavy atom. The van der Waals surface area contributed by atoms with Crippen molar-refractivity contribution in [2.75, 3.05) is 5.32 Å². The first kappa shape index (κ1) is 18.7. The molecule has 0 atom stereocenters. The van der Waals surface area contributed by atoms with E-state index in [2.05, 4.69) is 25.2 Å². The number of rotatable bonds is 11. The molecule has 1 aromatic rings. The number of phenolic OH excluding ortho intramolecular Hbond substituents is 1. The number of benzene rings is 1. The van der Waals surface area contributed by atoms with Crippen LogP contribution in [0.3, 0.4) is 0 Å². The van der Waals surface area contributed by atoms with E-state index in [1.54, 1.807) is 12.1 Å². The maximum Gasteiger partial charge on any atom is 0.194 e. The van der Waals surface area contributed by atoms with Crippen LogP contribution >= 0.6 is 0 Å². The molecule has 1 aliphatic rings. The van der Waals surface area contributed by atoms with E-state index >= 15 is 0 Å². The van der Waals surface area contributed by atoms with Gasteiger partial charge < -0.3 is 15.2 Å². The molecule has 1 aromatic carbocycles. The molecule has 1 aliphatic heterocycles. The molecule has 2 N–H and O–H groups in total. The van der Waals surface area contributed by atoms with Gasteiger partial charge in [-0.1, -0.05) is 65.2 Å². The zero-order chi connectivity index (χ0) is 17.2. The van der Waals surface area contributed by atoms with Crippen molar-refractivity contribution in [2.24, 2.45) is 5.92 Å². The molecule has 0 aromatic heterocycles. The first-order valence-corrected chi connectivity index (χ1v) is 9.72. The first-order valence-electron chi connectivity index (χ1n) is 9.72. The summed E-state index contributed by atoms with van der Waals surface area (Å²) in [5.41, 5.74) is 0.940. The molecule has 0 bridgehead atoms. The Hall–Kier alpha value is -1.64. The van der Waals surface area contributed by atoms with Crippen LogP contribution < -0.4 is 10.1 Å². The lowest BCUT2D eigenvalue weighted by molar-refractivity contribution is 0.421. The van der Waals surface area contributed by atoms with Gasteiger partial charge in [0.1, 0.15) is 5.75 Å². The van der Waals surface area contributed by atoms with Crippen LogP contribution in [-0.4, -0.2) is 5.11 Å². The number of phenols is 1. The lowest BCUT2D eigenvalue weighted by atomic mass is 9.94. The van der Waals surface area contributed by atoms with Crippen LogP contribution in [0.25, 0.3) is 0 Å². The van der Waals surface area contributed by atoms with Crippen LogP contribution in [0.1, 0.15) is 78.1 Å². The van der Waals surface area contributed by atoms with Gasteiger partial charge in [0.05, 0.1) is 5.69 Å². The Balaban J connectivity index is 1.90. The van der Waals surface area contributed by atoms with Gasteiger partial charge in [-0.3, -0.25) is 0 Å². The van der Waals surface area contributed by atoms with Crippen LogP contribution in [0, 0.1) is 5.92 Å². The highest BCUT2D eigenvalue weighted by molar-refractivity contribution is 5.65. The molecule has 0 unspecified atom stereocenters. The summed E-state index contributed by atoms with van der Waals surface area (Å²) in [6, 6.07) is 5.22. The summed E-state index contributed by atoms with van der Waals surface area (Å²) in [5.74, 6) is 2.36. The minimum absolute atomic E-state index is 0.243. The topological polar surface area (TPSA) is 41.5 Å². The van der Waals surface area contributed by atoms with Crippen LogP contribution in [0.15, 0.2) is 30.2 Å². The zero-order valence-corrected chi connectivity index (χ0v) is 15.3. The van der Waals surface area contributed by atoms with Crippen molar-refractivity contribution in [3.63, 3.8) is 0 Å². The summed E-state index contributed by atoms with van der Waals surface area (Å²) in [6.45, 7) is 4.51. The van der Waals surface area contributed by atoms with E-state index in [1.165, 1.54) is 64.2 Å². The number of hydrogen-bond donors (Lipinski definition) is 2. The van der Waals surface area contributed by atoms with Gasteiger partial charge in [0.15, 0.2) is 11.6 Å². The van der Waals surface area contributed by atoms with Crippen molar-refractivity contribution in [1.82, 2.24) is 0 Å². The van der Waals surface area contributed by atoms with E-state index in [4.69, 9.17) is 4.74 Å². The highest BCUT2D eigenvalue weighted by Crippen LogP contribution is 2.36. The number of ether oxygens (including phenoxy) is 1. The molecule has 0 amide bonds. The predicted octanol–water partition coefficient (Wildman–Crippen LogP) is 6.59. The Labute approximate surface area is 147 Å². The molecule has 1 heterocycles. The van der Waals surface area contributed by atoms with Crippen molar-refractivity contribution >= 4 is 5.69 Å². The van der Waals surface area contributed by atoms with Gasteiger partial charge in [-0.2, -0.15) is 0 Å². The smallest absolute Gasteiger partial charge is 0.194 e. The Bertz CT molecular complexity index is 513. The number of anilines is 1. The Kier molecular flexibility index (Phi) is 8.00. The van der Waals surface area contributed by atoms with Gasteiger partial charge in [0, 0.05) is 6.07 Å². The molecule has 24 heavy (non-hydrogen) atoms. The third kappa shape index (κ3) is 6.10. The second-order valence-corrected chi connectivity index (χ2v) is 6.90. The molecule has 0 fully saturated rings. The van der Waals surface area contributed by atoms with E-state index in [1.807, 2.05) is 6.07 Å². The fraction of sp³-hybridized carbons (Fsp3) is 0.619. The minimum atomic E-state index is 0.243. The number of unbranched alkanes of at least 4 members (excludes halogenated alkanes) is 6. The van der Waals surface area contributed by atoms with Gasteiger partial charge in [-0.15, -0.1) is 0 Å². The molecular formula is C21H33NO2. The van der Waals surface area contributed by atoms with Crippen molar-refractivity contribution < 1.29 is 9.84 Å². The molecular weight excluding hydrogens is 298 g/mol. The van der Waals surface area contributed by atoms with E-state index in [9.17, 15) is 5.11 Å². The maximum atomic E-state index is 9.57. The van der Waals surface area contributed by atoms with E-state index in [0.717, 1.165) is 17.3 Å². The van der Waals surface area contributed by atoms with Gasteiger partial charge in [-0.05, 0) is 37.0 Å². The Morgan fingerprint density at radius 3 is 2.29 bits per heavy atom. The van der Waals surface area contributed by atoms with E-state index in [-0.39, 0.29) is 5.75 Å². The molecule has 0 radical (unpaired) electrons. The summed E-state index contributed by atoms with van der Waals surface area (Å²) < 4.78 is 5.86. The molecule has 3 nitrogen and oxygen atoms in total. The fourth-order valence-electron chi connectivity index (χ4n) is 3.24. The van der Waals surface area contributed by atoms with Gasteiger partial charge >= 0.3 is 0 Å². The first-order chi connectivity index (χ1) is 11.7. The van der Waals surface area contributed by atoms with Crippen molar-refractivity contribution in [1.29, 1.82) is 0 Å². The number of fused-ring (bicyclic) bond motifs is 1. The van der Waals surface area contributed by atoms with Gasteiger partial charge in [0.25, 0.3) is 0 Å². The van der Waals surface area contributed by atoms with Crippen LogP contribution in [0.5, 0.6) is 11.5 Å². The van der Waals surface area contributed by atoms with Crippen molar-refractivity contribution in [3.8, 4) is 11.5 Å². The monoisotopic (exact) mass is 331 g/mol. The van der Waals surface area contributed by atoms with E-state index < -0.39 is 0 Å². The maximum absolute atomic E-state index is 9.57. The second kappa shape index (κ2) is 10.3. The zero-order valence-electron chi connectivity index (χ0n) is 15.3. The van der Waals surface area contributed by atoms with E-state index in [0.29, 0.717) is 5.92 Å². The average molecular weight is 332 g/mol. The molecule has 0 spiro atoms. The molecule has 0 saturated carbocycles. The minimum Gasteiger partial charge on any atom is -0.508 e. The third-order valence-corrected chi connectivity index (χ3v) is 4.69. The van der Waals surface area contributed by atoms with Crippen molar-refractivity contribution in [3.05, 3.63) is 30.2 Å². The average Bonchev–Trinajstić information content (AvgIpc) is 2.96. The largest absolute Gasteiger partial charge is 0.508 e. The summed E-state index contributed by atoms with van der Waals surface area (Å²) in [4.78, 5) is 0. The highest BCUT2D eigenvalue weighted by Gasteiger charge is 2.18. The standard InChI is InChI=1S/C21H33NO2/c1-3-5-7-9-11-17(12-10-8-6-4-2)15-21-22-19-14-13-18(23)16-20(19)24-21/h13-17,22-23H,3-12H2,1-2H3/b21-15+. The quantitative estimate of drug-likeness (QED) is 0.355. The van der Waals surface area contributed by atoms with Crippen LogP contribution in [0.2, 0.25) is 0 Å². The lowest BCUT2D eigenvalue weighted by Gasteiger charge is -2.13. The van der Waals surface area contributed by atoms with Crippen molar-refractivity contribution in [2.45, 2.75) is 78.1 Å². The number of allylic oxidation sites excluding steroid dienone is 1. The summed E-state index contributed by atoms with van der Waals surface area (Å²) in [7, 11) is 0. The summed E-state index contributed by atoms with van der Waals surface area (Å²) in [6.07, 6.45) is 15.2. The molecule has 2 rings (SSSR count). The number of nitrogens with one attached hydrogen (secondary N) is 1. The molecule has 134 valence electrons. The fourth-order valence-corrected chi connectivity index (χ4v) is 3.24. The molecule has 3 heteroatoms. The summed E-state index contributed by atoms with van der Waals surface area (Å²) >= 11 is 0. The van der Waals surface area contributed by atoms with Crippen LogP contribution in [-0.2, 0) is 0 Å². The van der Waals surface area contributed by atoms with Gasteiger partial charge in [-0.25, -0.2) is 0 Å². The second-order valence-electron chi connectivity index (χ2n) is 6.90. The Morgan fingerprint density at radius 1 is 1.00 bits per heavy atom. The molecule has 0 saturated heterocycles. The third-order valence-electron chi connectivity index (χ3n) is 4.69. The highest BCUT2D eigenvalue weighted by atomic mass is 16.5.